The number of ether oxygens (including phenoxy) is 4. The molecule has 0 aromatic carbocycles. The maximum absolute atomic E-state index is 12.3. The summed E-state index contributed by atoms with van der Waals surface area (Å²) in [5.74, 6) is -7.77. The zero-order chi connectivity index (χ0) is 61.6. The van der Waals surface area contributed by atoms with E-state index in [0.29, 0.717) is 65.0 Å². The first-order valence-electron chi connectivity index (χ1n) is 29.5. The van der Waals surface area contributed by atoms with E-state index in [2.05, 4.69) is 26.6 Å². The predicted octanol–water partition coefficient (Wildman–Crippen LogP) is 4.45. The number of rotatable bonds is 57. The Morgan fingerprint density at radius 2 is 0.915 bits per heavy atom. The molecule has 0 rings (SSSR count). The number of hydrogen-bond acceptors (Lipinski definition) is 17. The van der Waals surface area contributed by atoms with Gasteiger partial charge in [0, 0.05) is 77.9 Å². The van der Waals surface area contributed by atoms with Crippen LogP contribution in [0.1, 0.15) is 194 Å². The van der Waals surface area contributed by atoms with E-state index in [1.807, 2.05) is 6.92 Å². The first-order chi connectivity index (χ1) is 39.3. The van der Waals surface area contributed by atoms with Crippen LogP contribution >= 0.6 is 0 Å². The molecule has 0 heterocycles. The van der Waals surface area contributed by atoms with E-state index in [4.69, 9.17) is 29.2 Å². The van der Waals surface area contributed by atoms with Crippen molar-refractivity contribution in [2.75, 3.05) is 79.6 Å². The molecule has 0 bridgehead atoms. The molecule has 0 saturated carbocycles. The van der Waals surface area contributed by atoms with Crippen molar-refractivity contribution in [1.82, 2.24) is 26.6 Å². The molecule has 25 nitrogen and oxygen atoms in total. The Balaban J connectivity index is 0. The second-order valence-corrected chi connectivity index (χ2v) is 20.0. The van der Waals surface area contributed by atoms with Crippen LogP contribution in [0.2, 0.25) is 0 Å². The number of unbranched alkanes of at least 4 members (excludes halogenated alkanes) is 14. The molecule has 0 spiro atoms. The lowest BCUT2D eigenvalue weighted by molar-refractivity contribution is -0.145. The van der Waals surface area contributed by atoms with Gasteiger partial charge in [-0.1, -0.05) is 77.0 Å². The van der Waals surface area contributed by atoms with Gasteiger partial charge in [-0.15, -0.1) is 0 Å². The summed E-state index contributed by atoms with van der Waals surface area (Å²) in [5.41, 5.74) is 0. The molecular weight excluding hydrogens is 1070 g/mol. The van der Waals surface area contributed by atoms with Gasteiger partial charge in [0.2, 0.25) is 23.6 Å². The number of carboxylic acids is 4. The van der Waals surface area contributed by atoms with Crippen LogP contribution in [0.15, 0.2) is 0 Å². The van der Waals surface area contributed by atoms with Crippen molar-refractivity contribution in [1.29, 1.82) is 0 Å². The first-order valence-corrected chi connectivity index (χ1v) is 29.5. The Hall–Kier alpha value is -5.47. The highest BCUT2D eigenvalue weighted by Gasteiger charge is 2.25. The fraction of sp³-hybridized carbons (Fsp3) is 0.807. The zero-order valence-corrected chi connectivity index (χ0v) is 49.2. The van der Waals surface area contributed by atoms with Crippen LogP contribution in [0.4, 0.5) is 0 Å². The number of carbonyl (C=O) groups is 11. The second kappa shape index (κ2) is 54.8. The van der Waals surface area contributed by atoms with E-state index in [0.717, 1.165) is 44.9 Å². The molecule has 0 aliphatic heterocycles. The molecule has 10 N–H and O–H groups in total. The number of aliphatic hydroxyl groups is 1. The van der Waals surface area contributed by atoms with E-state index < -0.39 is 66.3 Å². The minimum atomic E-state index is -1.27. The molecule has 0 fully saturated rings. The number of nitrogens with one attached hydrogen (secondary N) is 5. The van der Waals surface area contributed by atoms with E-state index in [-0.39, 0.29) is 126 Å². The van der Waals surface area contributed by atoms with Crippen LogP contribution in [0.5, 0.6) is 0 Å². The minimum Gasteiger partial charge on any atom is -0.481 e. The normalized spacial score (nSPS) is 12.4. The minimum absolute atomic E-state index is 0.00189. The predicted molar refractivity (Wildman–Crippen MR) is 303 cm³/mol. The van der Waals surface area contributed by atoms with Crippen molar-refractivity contribution in [3.05, 3.63) is 0 Å². The number of ketones is 3. The van der Waals surface area contributed by atoms with Gasteiger partial charge in [-0.25, -0.2) is 9.59 Å². The number of carboxylic acid groups (broad SMARTS) is 4. The topological polar surface area (TPSA) is 386 Å². The number of amides is 4. The Bertz CT molecular complexity index is 1810. The van der Waals surface area contributed by atoms with Gasteiger partial charge in [-0.05, 0) is 78.7 Å². The molecule has 0 saturated heterocycles. The van der Waals surface area contributed by atoms with Gasteiger partial charge in [-0.3, -0.25) is 43.2 Å². The molecule has 82 heavy (non-hydrogen) atoms. The molecule has 0 aliphatic carbocycles. The second-order valence-electron chi connectivity index (χ2n) is 20.0. The van der Waals surface area contributed by atoms with Crippen LogP contribution in [-0.4, -0.2) is 188 Å². The number of likely N-dealkylation sites (N-methyl/N-ethyl adjacent to an activating group) is 1. The summed E-state index contributed by atoms with van der Waals surface area (Å²) in [7, 11) is 1.64. The van der Waals surface area contributed by atoms with Gasteiger partial charge in [0.25, 0.3) is 0 Å². The molecular formula is C57H101N5O20. The summed E-state index contributed by atoms with van der Waals surface area (Å²) < 4.78 is 20.6. The van der Waals surface area contributed by atoms with E-state index >= 15 is 0 Å². The molecule has 0 aromatic rings. The largest absolute Gasteiger partial charge is 0.481 e. The number of Topliss-reactive ketones (excluding diaryl/α,β-unsaturated/α-hetero) is 3. The molecule has 0 aromatic heterocycles. The number of carbonyl (C=O) groups excluding carboxylic acids is 7. The van der Waals surface area contributed by atoms with Gasteiger partial charge < -0.3 is 71.1 Å². The Labute approximate surface area is 484 Å². The van der Waals surface area contributed by atoms with Crippen molar-refractivity contribution in [3.63, 3.8) is 0 Å². The maximum atomic E-state index is 12.3. The molecule has 1 unspecified atom stereocenters. The number of hydrogen-bond donors (Lipinski definition) is 10. The molecule has 474 valence electrons. The van der Waals surface area contributed by atoms with Crippen LogP contribution in [-0.2, 0) is 71.7 Å². The lowest BCUT2D eigenvalue weighted by Gasteiger charge is -2.17. The summed E-state index contributed by atoms with van der Waals surface area (Å²) in [5, 5.41) is 58.7. The smallest absolute Gasteiger partial charge is 0.326 e. The van der Waals surface area contributed by atoms with Crippen LogP contribution in [0.3, 0.4) is 0 Å². The van der Waals surface area contributed by atoms with Crippen LogP contribution < -0.4 is 26.6 Å². The van der Waals surface area contributed by atoms with Crippen molar-refractivity contribution in [2.45, 2.75) is 212 Å². The Kier molecular flexibility index (Phi) is 52.5. The molecule has 25 heteroatoms. The number of aliphatic hydroxyl groups excluding tert-OH is 1. The molecule has 0 aliphatic rings. The highest BCUT2D eigenvalue weighted by Crippen LogP contribution is 2.15. The van der Waals surface area contributed by atoms with Gasteiger partial charge in [0.1, 0.15) is 37.7 Å². The third-order valence-electron chi connectivity index (χ3n) is 13.0. The van der Waals surface area contributed by atoms with Crippen molar-refractivity contribution in [2.24, 2.45) is 5.92 Å². The quantitative estimate of drug-likeness (QED) is 0.0376. The molecule has 4 amide bonds. The van der Waals surface area contributed by atoms with Crippen LogP contribution in [0, 0.1) is 5.92 Å². The monoisotopic (exact) mass is 1180 g/mol. The fourth-order valence-electron chi connectivity index (χ4n) is 8.18. The van der Waals surface area contributed by atoms with Gasteiger partial charge in [0.15, 0.2) is 11.6 Å². The maximum Gasteiger partial charge on any atom is 0.326 e. The summed E-state index contributed by atoms with van der Waals surface area (Å²) >= 11 is 0. The van der Waals surface area contributed by atoms with Crippen LogP contribution in [0.25, 0.3) is 0 Å². The Morgan fingerprint density at radius 3 is 1.44 bits per heavy atom. The van der Waals surface area contributed by atoms with Crippen molar-refractivity contribution >= 4 is 64.9 Å². The SMILES string of the molecule is CCOCC(=O)NCCOCCOCC(=O)C[C@@H](CCC(=O)NCCCCC(NC)C(=O)CO)C(=O)O.CCOCCCC(=O)CC[C@H](NC(=O)CC[C@H](NC(=O)CCCCCCCCCCCCCCCCC(=O)O)C(=O)O)C(=O)O. The van der Waals surface area contributed by atoms with E-state index in [1.165, 1.54) is 38.5 Å². The van der Waals surface area contributed by atoms with Crippen molar-refractivity contribution in [3.8, 4) is 0 Å². The zero-order valence-electron chi connectivity index (χ0n) is 49.2. The Morgan fingerprint density at radius 1 is 0.402 bits per heavy atom. The lowest BCUT2D eigenvalue weighted by atomic mass is 9.97. The summed E-state index contributed by atoms with van der Waals surface area (Å²) in [6, 6.07) is -2.93. The van der Waals surface area contributed by atoms with Gasteiger partial charge in [0.05, 0.1) is 31.8 Å². The highest BCUT2D eigenvalue weighted by atomic mass is 16.5. The first kappa shape index (κ1) is 78.6. The molecule has 0 radical (unpaired) electrons. The summed E-state index contributed by atoms with van der Waals surface area (Å²) in [4.78, 5) is 129. The summed E-state index contributed by atoms with van der Waals surface area (Å²) in [6.45, 7) is 5.67. The average Bonchev–Trinajstić information content (AvgIpc) is 3.43. The van der Waals surface area contributed by atoms with E-state index in [9.17, 15) is 68.1 Å². The lowest BCUT2D eigenvalue weighted by Crippen LogP contribution is -2.44. The fourth-order valence-corrected chi connectivity index (χ4v) is 8.18. The van der Waals surface area contributed by atoms with E-state index in [1.54, 1.807) is 14.0 Å². The van der Waals surface area contributed by atoms with Gasteiger partial charge in [-0.2, -0.15) is 0 Å². The molecule has 4 atom stereocenters. The standard InChI is InChI=1S/C33H58N2O10.C24H43N3O10/c1-2-45-25-17-18-26(36)21-22-27(32(41)42)35-30(38)24-23-28(33(43)44)34-29(37)19-15-13-11-9-7-5-3-4-6-8-10-12-14-16-20-31(39)40;1-3-35-17-23(32)27-10-11-36-12-13-37-16-19(29)14-18(24(33)34)7-8-22(31)26-9-5-4-6-20(25-2)21(30)15-28/h27-28H,2-25H2,1H3,(H,34,37)(H,35,38)(H,39,40)(H,41,42)(H,43,44);18,20,25,28H,3-17H2,1-2H3,(H,26,31)(H,27,32)(H,33,34)/t27-,28-;18-,20?/m01/s1. The average molecular weight is 1180 g/mol. The van der Waals surface area contributed by atoms with Crippen molar-refractivity contribution < 1.29 is 97.2 Å². The third kappa shape index (κ3) is 50.3. The number of aliphatic carboxylic acids is 4. The third-order valence-corrected chi connectivity index (χ3v) is 13.0. The highest BCUT2D eigenvalue weighted by molar-refractivity contribution is 5.87. The van der Waals surface area contributed by atoms with Gasteiger partial charge >= 0.3 is 23.9 Å². The summed E-state index contributed by atoms with van der Waals surface area (Å²) in [6.07, 6.45) is 17.2.